The summed E-state index contributed by atoms with van der Waals surface area (Å²) in [6.45, 7) is 2.42. The minimum Gasteiger partial charge on any atom is -0.478 e. The van der Waals surface area contributed by atoms with E-state index in [1.165, 1.54) is 0 Å². The quantitative estimate of drug-likeness (QED) is 0.842. The summed E-state index contributed by atoms with van der Waals surface area (Å²) in [6, 6.07) is 6.73. The van der Waals surface area contributed by atoms with E-state index in [-0.39, 0.29) is 0 Å². The van der Waals surface area contributed by atoms with Crippen LogP contribution >= 0.6 is 0 Å². The van der Waals surface area contributed by atoms with Gasteiger partial charge in [-0.2, -0.15) is 5.10 Å². The van der Waals surface area contributed by atoms with E-state index in [4.69, 9.17) is 5.11 Å². The Labute approximate surface area is 92.4 Å². The van der Waals surface area contributed by atoms with Crippen LogP contribution in [0.5, 0.6) is 0 Å². The predicted molar refractivity (Wildman–Crippen MR) is 57.3 cm³/mol. The van der Waals surface area contributed by atoms with Crippen molar-refractivity contribution in [2.75, 3.05) is 0 Å². The van der Waals surface area contributed by atoms with Gasteiger partial charge in [0.25, 0.3) is 0 Å². The van der Waals surface area contributed by atoms with Gasteiger partial charge in [-0.3, -0.25) is 0 Å². The van der Waals surface area contributed by atoms with Crippen LogP contribution in [0.2, 0.25) is 0 Å². The first-order valence-electron chi connectivity index (χ1n) is 4.83. The Bertz CT molecular complexity index is 502. The minimum atomic E-state index is -0.914. The van der Waals surface area contributed by atoms with Crippen molar-refractivity contribution in [1.82, 2.24) is 14.8 Å². The number of nitrogens with zero attached hydrogens (tertiary/aromatic N) is 3. The Hall–Kier alpha value is -2.17. The second kappa shape index (κ2) is 4.14. The first-order chi connectivity index (χ1) is 7.65. The number of carboxylic acids is 1. The van der Waals surface area contributed by atoms with Crippen molar-refractivity contribution in [2.24, 2.45) is 0 Å². The van der Waals surface area contributed by atoms with Crippen molar-refractivity contribution < 1.29 is 9.90 Å². The zero-order chi connectivity index (χ0) is 11.5. The van der Waals surface area contributed by atoms with Gasteiger partial charge in [-0.25, -0.2) is 14.5 Å². The zero-order valence-corrected chi connectivity index (χ0v) is 8.79. The topological polar surface area (TPSA) is 68.0 Å². The number of hydrogen-bond donors (Lipinski definition) is 1. The fourth-order valence-electron chi connectivity index (χ4n) is 1.40. The lowest BCUT2D eigenvalue weighted by Crippen LogP contribution is -2.01. The second-order valence-electron chi connectivity index (χ2n) is 3.49. The summed E-state index contributed by atoms with van der Waals surface area (Å²) in [5, 5.41) is 12.9. The molecule has 0 atom stereocenters. The van der Waals surface area contributed by atoms with E-state index in [2.05, 4.69) is 10.1 Å². The third-order valence-electron chi connectivity index (χ3n) is 2.20. The van der Waals surface area contributed by atoms with E-state index in [0.29, 0.717) is 12.1 Å². The second-order valence-corrected chi connectivity index (χ2v) is 3.49. The lowest BCUT2D eigenvalue weighted by atomic mass is 10.1. The standard InChI is InChI=1S/C11H11N3O2/c1-8-12-7-14(13-8)6-9-2-4-10(5-3-9)11(15)16/h2-5,7H,6H2,1H3,(H,15,16). The lowest BCUT2D eigenvalue weighted by Gasteiger charge is -2.01. The maximum absolute atomic E-state index is 10.6. The first kappa shape index (κ1) is 10.4. The molecule has 2 aromatic rings. The van der Waals surface area contributed by atoms with Gasteiger partial charge < -0.3 is 5.11 Å². The Balaban J connectivity index is 2.14. The van der Waals surface area contributed by atoms with E-state index >= 15 is 0 Å². The Morgan fingerprint density at radius 1 is 1.38 bits per heavy atom. The summed E-state index contributed by atoms with van der Waals surface area (Å²) in [4.78, 5) is 14.7. The molecule has 0 bridgehead atoms. The molecule has 0 radical (unpaired) electrons. The van der Waals surface area contributed by atoms with Crippen molar-refractivity contribution in [1.29, 1.82) is 0 Å². The summed E-state index contributed by atoms with van der Waals surface area (Å²) in [7, 11) is 0. The summed E-state index contributed by atoms with van der Waals surface area (Å²) >= 11 is 0. The van der Waals surface area contributed by atoms with Crippen molar-refractivity contribution in [3.8, 4) is 0 Å². The number of rotatable bonds is 3. The molecular formula is C11H11N3O2. The van der Waals surface area contributed by atoms with Gasteiger partial charge in [0.2, 0.25) is 0 Å². The van der Waals surface area contributed by atoms with E-state index in [1.807, 2.05) is 6.92 Å². The van der Waals surface area contributed by atoms with Crippen molar-refractivity contribution in [3.05, 3.63) is 47.5 Å². The van der Waals surface area contributed by atoms with Gasteiger partial charge in [-0.05, 0) is 24.6 Å². The molecule has 0 amide bonds. The van der Waals surface area contributed by atoms with Crippen LogP contribution in [0.15, 0.2) is 30.6 Å². The molecule has 1 aromatic heterocycles. The number of carboxylic acid groups (broad SMARTS) is 1. The molecule has 16 heavy (non-hydrogen) atoms. The maximum Gasteiger partial charge on any atom is 0.335 e. The SMILES string of the molecule is Cc1ncn(Cc2ccc(C(=O)O)cc2)n1. The Kier molecular flexibility index (Phi) is 2.68. The molecule has 5 heteroatoms. The molecule has 5 nitrogen and oxygen atoms in total. The zero-order valence-electron chi connectivity index (χ0n) is 8.79. The fraction of sp³-hybridized carbons (Fsp3) is 0.182. The monoisotopic (exact) mass is 217 g/mol. The third-order valence-corrected chi connectivity index (χ3v) is 2.20. The number of benzene rings is 1. The van der Waals surface area contributed by atoms with Crippen LogP contribution in [-0.2, 0) is 6.54 Å². The van der Waals surface area contributed by atoms with Gasteiger partial charge in [-0.1, -0.05) is 12.1 Å². The molecule has 1 N–H and O–H groups in total. The van der Waals surface area contributed by atoms with Gasteiger partial charge in [0, 0.05) is 0 Å². The normalized spacial score (nSPS) is 10.3. The van der Waals surface area contributed by atoms with Crippen molar-refractivity contribution >= 4 is 5.97 Å². The summed E-state index contributed by atoms with van der Waals surface area (Å²) < 4.78 is 1.71. The molecule has 0 saturated carbocycles. The molecule has 0 aliphatic rings. The molecule has 1 aromatic carbocycles. The average molecular weight is 217 g/mol. The Morgan fingerprint density at radius 2 is 2.06 bits per heavy atom. The van der Waals surface area contributed by atoms with Crippen molar-refractivity contribution in [3.63, 3.8) is 0 Å². The highest BCUT2D eigenvalue weighted by Gasteiger charge is 2.02. The summed E-state index contributed by atoms with van der Waals surface area (Å²) in [6.07, 6.45) is 1.65. The number of aryl methyl sites for hydroxylation is 1. The summed E-state index contributed by atoms with van der Waals surface area (Å²) in [5.74, 6) is -0.190. The average Bonchev–Trinajstić information content (AvgIpc) is 2.65. The molecule has 0 aliphatic heterocycles. The van der Waals surface area contributed by atoms with E-state index in [9.17, 15) is 4.79 Å². The van der Waals surface area contributed by atoms with E-state index < -0.39 is 5.97 Å². The smallest absolute Gasteiger partial charge is 0.335 e. The van der Waals surface area contributed by atoms with Gasteiger partial charge in [0.05, 0.1) is 12.1 Å². The largest absolute Gasteiger partial charge is 0.478 e. The van der Waals surface area contributed by atoms with Crippen LogP contribution < -0.4 is 0 Å². The molecule has 0 unspecified atom stereocenters. The van der Waals surface area contributed by atoms with Crippen LogP contribution in [0.1, 0.15) is 21.7 Å². The molecule has 0 spiro atoms. The van der Waals surface area contributed by atoms with E-state index in [1.54, 1.807) is 35.3 Å². The van der Waals surface area contributed by atoms with E-state index in [0.717, 1.165) is 11.4 Å². The summed E-state index contributed by atoms with van der Waals surface area (Å²) in [5.41, 5.74) is 1.29. The highest BCUT2D eigenvalue weighted by Crippen LogP contribution is 2.05. The van der Waals surface area contributed by atoms with Crippen molar-refractivity contribution in [2.45, 2.75) is 13.5 Å². The van der Waals surface area contributed by atoms with Crippen LogP contribution in [0.4, 0.5) is 0 Å². The van der Waals surface area contributed by atoms with Crippen LogP contribution in [0, 0.1) is 6.92 Å². The number of aromatic nitrogens is 3. The lowest BCUT2D eigenvalue weighted by molar-refractivity contribution is 0.0697. The Morgan fingerprint density at radius 3 is 2.56 bits per heavy atom. The van der Waals surface area contributed by atoms with Gasteiger partial charge >= 0.3 is 5.97 Å². The molecule has 0 saturated heterocycles. The number of carbonyl (C=O) groups is 1. The number of hydrogen-bond acceptors (Lipinski definition) is 3. The molecule has 82 valence electrons. The number of aromatic carboxylic acids is 1. The first-order valence-corrected chi connectivity index (χ1v) is 4.83. The van der Waals surface area contributed by atoms with Crippen LogP contribution in [0.3, 0.4) is 0 Å². The molecule has 0 aliphatic carbocycles. The highest BCUT2D eigenvalue weighted by atomic mass is 16.4. The van der Waals surface area contributed by atoms with Gasteiger partial charge in [0.1, 0.15) is 12.2 Å². The third kappa shape index (κ3) is 2.25. The molecular weight excluding hydrogens is 206 g/mol. The van der Waals surface area contributed by atoms with Gasteiger partial charge in [0.15, 0.2) is 0 Å². The maximum atomic E-state index is 10.6. The predicted octanol–water partition coefficient (Wildman–Crippen LogP) is 1.33. The van der Waals surface area contributed by atoms with Crippen LogP contribution in [0.25, 0.3) is 0 Å². The molecule has 1 heterocycles. The van der Waals surface area contributed by atoms with Gasteiger partial charge in [-0.15, -0.1) is 0 Å². The fourth-order valence-corrected chi connectivity index (χ4v) is 1.40. The minimum absolute atomic E-state index is 0.290. The molecule has 0 fully saturated rings. The van der Waals surface area contributed by atoms with Crippen LogP contribution in [-0.4, -0.2) is 25.8 Å². The molecule has 2 rings (SSSR count). The highest BCUT2D eigenvalue weighted by molar-refractivity contribution is 5.87.